The van der Waals surface area contributed by atoms with E-state index >= 15 is 0 Å². The molecule has 0 aliphatic carbocycles. The molecule has 1 aromatic carbocycles. The highest BCUT2D eigenvalue weighted by Crippen LogP contribution is 2.34. The van der Waals surface area contributed by atoms with E-state index in [9.17, 15) is 4.39 Å². The summed E-state index contributed by atoms with van der Waals surface area (Å²) in [7, 11) is 0. The average Bonchev–Trinajstić information content (AvgIpc) is 2.36. The van der Waals surface area contributed by atoms with Crippen LogP contribution in [0.15, 0.2) is 18.5 Å². The van der Waals surface area contributed by atoms with E-state index in [-0.39, 0.29) is 11.6 Å². The molecule has 0 aliphatic heterocycles. The number of ether oxygens (including phenoxy) is 1. The van der Waals surface area contributed by atoms with Crippen LogP contribution in [0.5, 0.6) is 5.75 Å². The van der Waals surface area contributed by atoms with Gasteiger partial charge in [0.25, 0.3) is 0 Å². The van der Waals surface area contributed by atoms with Crippen molar-refractivity contribution in [3.63, 3.8) is 0 Å². The van der Waals surface area contributed by atoms with Gasteiger partial charge in [0, 0.05) is 17.0 Å². The SMILES string of the molecule is Cc1ncnc(C)c1-c1ccc(OC(C)(C)C)c(F)c1C. The molecule has 0 spiro atoms. The summed E-state index contributed by atoms with van der Waals surface area (Å²) in [6, 6.07) is 3.55. The highest BCUT2D eigenvalue weighted by atomic mass is 19.1. The van der Waals surface area contributed by atoms with E-state index < -0.39 is 5.60 Å². The monoisotopic (exact) mass is 288 g/mol. The molecule has 4 heteroatoms. The minimum Gasteiger partial charge on any atom is -0.485 e. The maximum absolute atomic E-state index is 14.6. The number of benzene rings is 1. The molecule has 0 saturated heterocycles. The Bertz CT molecular complexity index is 655. The third-order valence-electron chi connectivity index (χ3n) is 3.26. The Kier molecular flexibility index (Phi) is 3.99. The van der Waals surface area contributed by atoms with Crippen molar-refractivity contribution in [1.29, 1.82) is 0 Å². The number of rotatable bonds is 2. The van der Waals surface area contributed by atoms with Crippen LogP contribution < -0.4 is 4.74 Å². The summed E-state index contributed by atoms with van der Waals surface area (Å²) in [5.41, 5.74) is 3.50. The van der Waals surface area contributed by atoms with Crippen LogP contribution in [0.25, 0.3) is 11.1 Å². The molecule has 2 aromatic rings. The largest absolute Gasteiger partial charge is 0.485 e. The molecule has 0 atom stereocenters. The Balaban J connectivity index is 2.56. The molecule has 112 valence electrons. The zero-order valence-electron chi connectivity index (χ0n) is 13.4. The topological polar surface area (TPSA) is 35.0 Å². The van der Waals surface area contributed by atoms with Gasteiger partial charge in [-0.15, -0.1) is 0 Å². The summed E-state index contributed by atoms with van der Waals surface area (Å²) in [6.45, 7) is 11.3. The maximum Gasteiger partial charge on any atom is 0.168 e. The van der Waals surface area contributed by atoms with Gasteiger partial charge in [-0.25, -0.2) is 14.4 Å². The van der Waals surface area contributed by atoms with Gasteiger partial charge in [-0.05, 0) is 58.7 Å². The second-order valence-electron chi connectivity index (χ2n) is 6.18. The molecule has 3 nitrogen and oxygen atoms in total. The highest BCUT2D eigenvalue weighted by molar-refractivity contribution is 5.72. The predicted octanol–water partition coefficient (Wildman–Crippen LogP) is 4.39. The van der Waals surface area contributed by atoms with Gasteiger partial charge >= 0.3 is 0 Å². The normalized spacial score (nSPS) is 11.6. The lowest BCUT2D eigenvalue weighted by atomic mass is 9.97. The van der Waals surface area contributed by atoms with E-state index in [2.05, 4.69) is 9.97 Å². The summed E-state index contributed by atoms with van der Waals surface area (Å²) >= 11 is 0. The van der Waals surface area contributed by atoms with Crippen LogP contribution in [-0.2, 0) is 0 Å². The number of nitrogens with zero attached hydrogens (tertiary/aromatic N) is 2. The lowest BCUT2D eigenvalue weighted by Crippen LogP contribution is -2.23. The first kappa shape index (κ1) is 15.4. The minimum atomic E-state index is -0.434. The van der Waals surface area contributed by atoms with Crippen molar-refractivity contribution in [3.8, 4) is 16.9 Å². The van der Waals surface area contributed by atoms with Crippen LogP contribution in [0.1, 0.15) is 37.7 Å². The molecule has 1 aromatic heterocycles. The Morgan fingerprint density at radius 1 is 1.00 bits per heavy atom. The molecule has 21 heavy (non-hydrogen) atoms. The summed E-state index contributed by atoms with van der Waals surface area (Å²) in [5.74, 6) is -0.0546. The third-order valence-corrected chi connectivity index (χ3v) is 3.26. The molecular weight excluding hydrogens is 267 g/mol. The molecule has 0 bridgehead atoms. The van der Waals surface area contributed by atoms with Gasteiger partial charge in [0.05, 0.1) is 0 Å². The van der Waals surface area contributed by atoms with E-state index in [1.54, 1.807) is 13.0 Å². The van der Waals surface area contributed by atoms with Gasteiger partial charge in [-0.1, -0.05) is 6.07 Å². The van der Waals surface area contributed by atoms with Crippen LogP contribution in [0, 0.1) is 26.6 Å². The van der Waals surface area contributed by atoms with Crippen molar-refractivity contribution in [2.24, 2.45) is 0 Å². The van der Waals surface area contributed by atoms with Crippen molar-refractivity contribution < 1.29 is 9.13 Å². The van der Waals surface area contributed by atoms with Gasteiger partial charge in [-0.3, -0.25) is 0 Å². The summed E-state index contributed by atoms with van der Waals surface area (Å²) in [6.07, 6.45) is 1.52. The first-order valence-corrected chi connectivity index (χ1v) is 6.97. The number of aromatic nitrogens is 2. The smallest absolute Gasteiger partial charge is 0.168 e. The van der Waals surface area contributed by atoms with Crippen LogP contribution in [0.3, 0.4) is 0 Å². The van der Waals surface area contributed by atoms with Crippen LogP contribution in [-0.4, -0.2) is 15.6 Å². The predicted molar refractivity (Wildman–Crippen MR) is 82.0 cm³/mol. The zero-order valence-corrected chi connectivity index (χ0v) is 13.4. The minimum absolute atomic E-state index is 0.274. The van der Waals surface area contributed by atoms with Crippen molar-refractivity contribution in [2.75, 3.05) is 0 Å². The number of hydrogen-bond donors (Lipinski definition) is 0. The Morgan fingerprint density at radius 3 is 2.10 bits per heavy atom. The van der Waals surface area contributed by atoms with Crippen LogP contribution in [0.4, 0.5) is 4.39 Å². The quantitative estimate of drug-likeness (QED) is 0.822. The van der Waals surface area contributed by atoms with Gasteiger partial charge in [-0.2, -0.15) is 0 Å². The molecule has 0 N–H and O–H groups in total. The lowest BCUT2D eigenvalue weighted by molar-refractivity contribution is 0.124. The molecular formula is C17H21FN2O. The second kappa shape index (κ2) is 5.43. The van der Waals surface area contributed by atoms with E-state index in [1.165, 1.54) is 6.33 Å². The third kappa shape index (κ3) is 3.20. The van der Waals surface area contributed by atoms with E-state index in [1.807, 2.05) is 40.7 Å². The summed E-state index contributed by atoms with van der Waals surface area (Å²) in [5, 5.41) is 0. The fourth-order valence-electron chi connectivity index (χ4n) is 2.32. The molecule has 0 saturated carbocycles. The molecule has 0 radical (unpaired) electrons. The Morgan fingerprint density at radius 2 is 1.57 bits per heavy atom. The molecule has 1 heterocycles. The van der Waals surface area contributed by atoms with Gasteiger partial charge < -0.3 is 4.74 Å². The summed E-state index contributed by atoms with van der Waals surface area (Å²) < 4.78 is 20.2. The lowest BCUT2D eigenvalue weighted by Gasteiger charge is -2.23. The second-order valence-corrected chi connectivity index (χ2v) is 6.18. The molecule has 0 aliphatic rings. The van der Waals surface area contributed by atoms with E-state index in [4.69, 9.17) is 4.74 Å². The van der Waals surface area contributed by atoms with E-state index in [0.717, 1.165) is 22.5 Å². The van der Waals surface area contributed by atoms with Gasteiger partial charge in [0.2, 0.25) is 0 Å². The maximum atomic E-state index is 14.6. The fraction of sp³-hybridized carbons (Fsp3) is 0.412. The first-order chi connectivity index (χ1) is 9.70. The number of halogens is 1. The average molecular weight is 288 g/mol. The van der Waals surface area contributed by atoms with Crippen LogP contribution in [0.2, 0.25) is 0 Å². The van der Waals surface area contributed by atoms with Crippen LogP contribution >= 0.6 is 0 Å². The number of hydrogen-bond acceptors (Lipinski definition) is 3. The van der Waals surface area contributed by atoms with E-state index in [0.29, 0.717) is 5.56 Å². The Labute approximate surface area is 125 Å². The van der Waals surface area contributed by atoms with Gasteiger partial charge in [0.1, 0.15) is 11.9 Å². The van der Waals surface area contributed by atoms with Crippen molar-refractivity contribution in [2.45, 2.75) is 47.1 Å². The molecule has 0 amide bonds. The Hall–Kier alpha value is -1.97. The highest BCUT2D eigenvalue weighted by Gasteiger charge is 2.19. The van der Waals surface area contributed by atoms with Crippen molar-refractivity contribution >= 4 is 0 Å². The van der Waals surface area contributed by atoms with Crippen molar-refractivity contribution in [1.82, 2.24) is 9.97 Å². The zero-order chi connectivity index (χ0) is 15.8. The van der Waals surface area contributed by atoms with Gasteiger partial charge in [0.15, 0.2) is 11.6 Å². The fourth-order valence-corrected chi connectivity index (χ4v) is 2.32. The van der Waals surface area contributed by atoms with Crippen molar-refractivity contribution in [3.05, 3.63) is 41.2 Å². The molecule has 0 fully saturated rings. The molecule has 0 unspecified atom stereocenters. The summed E-state index contributed by atoms with van der Waals surface area (Å²) in [4.78, 5) is 8.41. The molecule has 2 rings (SSSR count). The number of aryl methyl sites for hydroxylation is 2. The standard InChI is InChI=1S/C17H21FN2O/c1-10-13(15-11(2)19-9-20-12(15)3)7-8-14(16(10)18)21-17(4,5)6/h7-9H,1-6H3. The first-order valence-electron chi connectivity index (χ1n) is 6.97.